The Bertz CT molecular complexity index is 1330. The molecule has 0 radical (unpaired) electrons. The third-order valence-corrected chi connectivity index (χ3v) is 7.21. The number of ether oxygens (including phenoxy) is 2. The molecule has 2 aliphatic rings. The van der Waals surface area contributed by atoms with E-state index in [1.165, 1.54) is 13.2 Å². The second-order valence-electron chi connectivity index (χ2n) is 9.92. The molecule has 2 aliphatic carbocycles. The lowest BCUT2D eigenvalue weighted by Crippen LogP contribution is -2.43. The zero-order valence-corrected chi connectivity index (χ0v) is 20.9. The standard InChI is InChI=1S/C27H31FN4O5/c1-14-23(26(33)31-16-5-7-17(8-6-16)32-27(34)35)25-24(30-14)18(9-10-29-25)19-11-20(28)22(36-2)12-21(19)37-13-15-3-4-15/h9-12,15-17,30,32H,3-8,13H2,1-2H3,(H,31,33)(H,34,35). The van der Waals surface area contributed by atoms with Crippen LogP contribution in [0.15, 0.2) is 24.4 Å². The lowest BCUT2D eigenvalue weighted by atomic mass is 9.91. The predicted molar refractivity (Wildman–Crippen MR) is 136 cm³/mol. The molecule has 2 amide bonds. The molecule has 1 aromatic carbocycles. The van der Waals surface area contributed by atoms with Gasteiger partial charge in [0.25, 0.3) is 5.91 Å². The van der Waals surface area contributed by atoms with Crippen molar-refractivity contribution in [2.24, 2.45) is 5.92 Å². The fourth-order valence-electron chi connectivity index (χ4n) is 5.04. The van der Waals surface area contributed by atoms with Crippen molar-refractivity contribution in [3.63, 3.8) is 0 Å². The number of aromatic nitrogens is 2. The summed E-state index contributed by atoms with van der Waals surface area (Å²) in [5, 5.41) is 14.5. The number of aryl methyl sites for hydroxylation is 1. The first kappa shape index (κ1) is 24.9. The number of hydrogen-bond acceptors (Lipinski definition) is 5. The van der Waals surface area contributed by atoms with E-state index in [9.17, 15) is 14.0 Å². The minimum Gasteiger partial charge on any atom is -0.494 e. The van der Waals surface area contributed by atoms with E-state index >= 15 is 0 Å². The monoisotopic (exact) mass is 510 g/mol. The zero-order valence-electron chi connectivity index (χ0n) is 20.9. The summed E-state index contributed by atoms with van der Waals surface area (Å²) in [4.78, 5) is 32.0. The third kappa shape index (κ3) is 5.33. The third-order valence-electron chi connectivity index (χ3n) is 7.21. The average Bonchev–Trinajstić information content (AvgIpc) is 3.63. The van der Waals surface area contributed by atoms with Crippen LogP contribution < -0.4 is 20.1 Å². The number of hydrogen-bond donors (Lipinski definition) is 4. The molecule has 0 aliphatic heterocycles. The number of aromatic amines is 1. The van der Waals surface area contributed by atoms with Crippen LogP contribution in [0.1, 0.15) is 54.6 Å². The fourth-order valence-corrected chi connectivity index (χ4v) is 5.04. The van der Waals surface area contributed by atoms with Gasteiger partial charge >= 0.3 is 6.09 Å². The van der Waals surface area contributed by atoms with Crippen LogP contribution in [-0.2, 0) is 0 Å². The molecule has 9 nitrogen and oxygen atoms in total. The quantitative estimate of drug-likeness (QED) is 0.346. The first-order valence-electron chi connectivity index (χ1n) is 12.6. The lowest BCUT2D eigenvalue weighted by Gasteiger charge is -2.28. The van der Waals surface area contributed by atoms with E-state index in [1.807, 2.05) is 6.92 Å². The number of carbonyl (C=O) groups excluding carboxylic acids is 1. The number of amides is 2. The van der Waals surface area contributed by atoms with Gasteiger partial charge in [-0.3, -0.25) is 9.78 Å². The number of carboxylic acid groups (broad SMARTS) is 1. The SMILES string of the molecule is COc1cc(OCC2CC2)c(-c2ccnc3c(C(=O)NC4CCC(NC(=O)O)CC4)c(C)[nH]c23)cc1F. The first-order chi connectivity index (χ1) is 17.8. The normalized spacial score (nSPS) is 19.4. The van der Waals surface area contributed by atoms with Crippen molar-refractivity contribution in [3.05, 3.63) is 41.5 Å². The van der Waals surface area contributed by atoms with E-state index in [0.29, 0.717) is 77.4 Å². The highest BCUT2D eigenvalue weighted by atomic mass is 19.1. The van der Waals surface area contributed by atoms with Gasteiger partial charge in [0.2, 0.25) is 0 Å². The van der Waals surface area contributed by atoms with Crippen LogP contribution in [0, 0.1) is 18.7 Å². The summed E-state index contributed by atoms with van der Waals surface area (Å²) in [7, 11) is 1.42. The Morgan fingerprint density at radius 1 is 1.08 bits per heavy atom. The maximum absolute atomic E-state index is 14.8. The summed E-state index contributed by atoms with van der Waals surface area (Å²) in [5.74, 6) is 0.391. The van der Waals surface area contributed by atoms with E-state index in [0.717, 1.165) is 12.8 Å². The largest absolute Gasteiger partial charge is 0.494 e. The molecule has 196 valence electrons. The van der Waals surface area contributed by atoms with Crippen molar-refractivity contribution in [1.29, 1.82) is 0 Å². The highest BCUT2D eigenvalue weighted by Gasteiger charge is 2.27. The predicted octanol–water partition coefficient (Wildman–Crippen LogP) is 4.78. The summed E-state index contributed by atoms with van der Waals surface area (Å²) in [6.07, 6.45) is 5.53. The number of methoxy groups -OCH3 is 1. The molecule has 2 fully saturated rings. The van der Waals surface area contributed by atoms with E-state index in [1.54, 1.807) is 18.3 Å². The van der Waals surface area contributed by atoms with Gasteiger partial charge in [0.1, 0.15) is 11.3 Å². The molecular formula is C27H31FN4O5. The molecule has 0 atom stereocenters. The molecule has 5 rings (SSSR count). The Morgan fingerprint density at radius 3 is 2.43 bits per heavy atom. The van der Waals surface area contributed by atoms with Crippen molar-refractivity contribution < 1.29 is 28.6 Å². The van der Waals surface area contributed by atoms with Gasteiger partial charge < -0.3 is 30.2 Å². The van der Waals surface area contributed by atoms with Crippen LogP contribution in [0.2, 0.25) is 0 Å². The molecule has 2 aromatic heterocycles. The minimum atomic E-state index is -1.03. The van der Waals surface area contributed by atoms with Gasteiger partial charge in [0.15, 0.2) is 11.6 Å². The maximum atomic E-state index is 14.8. The fraction of sp³-hybridized carbons (Fsp3) is 0.444. The van der Waals surface area contributed by atoms with Crippen LogP contribution in [0.5, 0.6) is 11.5 Å². The van der Waals surface area contributed by atoms with Crippen LogP contribution in [0.4, 0.5) is 9.18 Å². The Labute approximate surface area is 213 Å². The van der Waals surface area contributed by atoms with E-state index in [-0.39, 0.29) is 23.7 Å². The highest BCUT2D eigenvalue weighted by molar-refractivity contribution is 6.09. The van der Waals surface area contributed by atoms with Crippen molar-refractivity contribution in [1.82, 2.24) is 20.6 Å². The van der Waals surface area contributed by atoms with Gasteiger partial charge in [-0.25, -0.2) is 9.18 Å². The molecule has 0 spiro atoms. The van der Waals surface area contributed by atoms with E-state index in [4.69, 9.17) is 14.6 Å². The molecule has 3 aromatic rings. The number of H-pyrrole nitrogens is 1. The van der Waals surface area contributed by atoms with E-state index < -0.39 is 11.9 Å². The Balaban J connectivity index is 1.43. The number of pyridine rings is 1. The number of nitrogens with one attached hydrogen (secondary N) is 3. The highest BCUT2D eigenvalue weighted by Crippen LogP contribution is 2.40. The summed E-state index contributed by atoms with van der Waals surface area (Å²) in [5.41, 5.74) is 3.46. The van der Waals surface area contributed by atoms with E-state index in [2.05, 4.69) is 20.6 Å². The number of fused-ring (bicyclic) bond motifs is 1. The van der Waals surface area contributed by atoms with Gasteiger partial charge in [0.05, 0.1) is 24.8 Å². The maximum Gasteiger partial charge on any atom is 0.404 e. The molecule has 4 N–H and O–H groups in total. The van der Waals surface area contributed by atoms with Crippen molar-refractivity contribution >= 4 is 23.0 Å². The first-order valence-corrected chi connectivity index (χ1v) is 12.6. The molecule has 0 unspecified atom stereocenters. The van der Waals surface area contributed by atoms with Crippen LogP contribution in [-0.4, -0.2) is 52.9 Å². The molecule has 0 saturated heterocycles. The summed E-state index contributed by atoms with van der Waals surface area (Å²) < 4.78 is 26.0. The van der Waals surface area contributed by atoms with Crippen LogP contribution in [0.3, 0.4) is 0 Å². The van der Waals surface area contributed by atoms with Gasteiger partial charge in [-0.1, -0.05) is 0 Å². The van der Waals surface area contributed by atoms with Crippen molar-refractivity contribution in [3.8, 4) is 22.6 Å². The minimum absolute atomic E-state index is 0.0509. The number of carbonyl (C=O) groups is 2. The topological polar surface area (TPSA) is 126 Å². The molecule has 37 heavy (non-hydrogen) atoms. The Hall–Kier alpha value is -3.82. The number of halogens is 1. The Kier molecular flexibility index (Phi) is 6.90. The van der Waals surface area contributed by atoms with Gasteiger partial charge in [-0.15, -0.1) is 0 Å². The van der Waals surface area contributed by atoms with Crippen molar-refractivity contribution in [2.45, 2.75) is 57.5 Å². The molecule has 2 heterocycles. The Morgan fingerprint density at radius 2 is 1.78 bits per heavy atom. The van der Waals surface area contributed by atoms with Crippen molar-refractivity contribution in [2.75, 3.05) is 13.7 Å². The molecule has 10 heteroatoms. The summed E-state index contributed by atoms with van der Waals surface area (Å²) in [6.45, 7) is 2.37. The van der Waals surface area contributed by atoms with Gasteiger partial charge in [0, 0.05) is 41.2 Å². The second-order valence-corrected chi connectivity index (χ2v) is 9.92. The number of nitrogens with zero attached hydrogens (tertiary/aromatic N) is 1. The second kappa shape index (κ2) is 10.3. The van der Waals surface area contributed by atoms with Gasteiger partial charge in [-0.2, -0.15) is 0 Å². The van der Waals surface area contributed by atoms with Crippen LogP contribution >= 0.6 is 0 Å². The summed E-state index contributed by atoms with van der Waals surface area (Å²) >= 11 is 0. The number of rotatable bonds is 8. The summed E-state index contributed by atoms with van der Waals surface area (Å²) in [6, 6.07) is 4.60. The molecule has 2 saturated carbocycles. The average molecular weight is 511 g/mol. The smallest absolute Gasteiger partial charge is 0.404 e. The number of benzene rings is 1. The molecule has 0 bridgehead atoms. The van der Waals surface area contributed by atoms with Crippen LogP contribution in [0.25, 0.3) is 22.2 Å². The molecular weight excluding hydrogens is 479 g/mol. The zero-order chi connectivity index (χ0) is 26.1. The lowest BCUT2D eigenvalue weighted by molar-refractivity contribution is 0.0924. The van der Waals surface area contributed by atoms with Gasteiger partial charge in [-0.05, 0) is 63.5 Å².